The van der Waals surface area contributed by atoms with Crippen LogP contribution in [0.3, 0.4) is 0 Å². The van der Waals surface area contributed by atoms with E-state index in [0.29, 0.717) is 6.61 Å². The van der Waals surface area contributed by atoms with Gasteiger partial charge in [0.15, 0.2) is 0 Å². The third kappa shape index (κ3) is 5.36. The molecule has 0 saturated heterocycles. The first-order chi connectivity index (χ1) is 8.72. The Morgan fingerprint density at radius 2 is 2.11 bits per heavy atom. The average molecular weight is 256 g/mol. The topological polar surface area (TPSA) is 41.6 Å². The third-order valence-corrected chi connectivity index (χ3v) is 3.49. The first kappa shape index (κ1) is 15.4. The Morgan fingerprint density at radius 3 is 2.61 bits per heavy atom. The molecule has 1 unspecified atom stereocenters. The molecule has 0 spiro atoms. The fraction of sp³-hybridized carbons (Fsp3) is 0.929. The summed E-state index contributed by atoms with van der Waals surface area (Å²) >= 11 is 0. The molecule has 0 radical (unpaired) electrons. The predicted octanol–water partition coefficient (Wildman–Crippen LogP) is 1.79. The summed E-state index contributed by atoms with van der Waals surface area (Å²) in [4.78, 5) is 14.2. The Labute approximate surface area is 111 Å². The van der Waals surface area contributed by atoms with E-state index >= 15 is 0 Å². The summed E-state index contributed by atoms with van der Waals surface area (Å²) in [7, 11) is 1.83. The number of nitrogens with one attached hydrogen (secondary N) is 1. The van der Waals surface area contributed by atoms with Gasteiger partial charge in [-0.05, 0) is 46.2 Å². The van der Waals surface area contributed by atoms with Crippen molar-refractivity contribution < 1.29 is 9.53 Å². The fourth-order valence-corrected chi connectivity index (χ4v) is 2.20. The molecule has 1 atom stereocenters. The van der Waals surface area contributed by atoms with Crippen LogP contribution >= 0.6 is 0 Å². The normalized spacial score (nSPS) is 16.9. The molecular weight excluding hydrogens is 228 g/mol. The number of likely N-dealkylation sites (N-methyl/N-ethyl adjacent to an activating group) is 1. The van der Waals surface area contributed by atoms with Crippen molar-refractivity contribution in [3.8, 4) is 0 Å². The number of carbonyl (C=O) groups is 1. The van der Waals surface area contributed by atoms with E-state index in [1.165, 1.54) is 32.2 Å². The Hall–Kier alpha value is -0.610. The zero-order chi connectivity index (χ0) is 13.4. The number of nitrogens with zero attached hydrogens (tertiary/aromatic N) is 1. The largest absolute Gasteiger partial charge is 0.465 e. The highest BCUT2D eigenvalue weighted by molar-refractivity contribution is 5.75. The van der Waals surface area contributed by atoms with Crippen LogP contribution in [0.15, 0.2) is 0 Å². The molecule has 0 aromatic heterocycles. The van der Waals surface area contributed by atoms with Crippen LogP contribution in [0.1, 0.15) is 46.0 Å². The monoisotopic (exact) mass is 256 g/mol. The maximum Gasteiger partial charge on any atom is 0.323 e. The lowest BCUT2D eigenvalue weighted by molar-refractivity contribution is -0.145. The summed E-state index contributed by atoms with van der Waals surface area (Å²) in [6, 6.07) is 0.615. The lowest BCUT2D eigenvalue weighted by atomic mass is 10.2. The fourth-order valence-electron chi connectivity index (χ4n) is 2.20. The van der Waals surface area contributed by atoms with Gasteiger partial charge in [0, 0.05) is 12.6 Å². The molecule has 1 N–H and O–H groups in total. The second-order valence-electron chi connectivity index (χ2n) is 5.00. The first-order valence-corrected chi connectivity index (χ1v) is 7.30. The molecule has 0 amide bonds. The van der Waals surface area contributed by atoms with Crippen molar-refractivity contribution in [1.29, 1.82) is 0 Å². The van der Waals surface area contributed by atoms with Gasteiger partial charge in [0.2, 0.25) is 0 Å². The van der Waals surface area contributed by atoms with Crippen molar-refractivity contribution in [3.05, 3.63) is 0 Å². The van der Waals surface area contributed by atoms with Crippen LogP contribution in [-0.4, -0.2) is 49.7 Å². The molecule has 1 aliphatic carbocycles. The number of carbonyl (C=O) groups excluding carboxylic acids is 1. The summed E-state index contributed by atoms with van der Waals surface area (Å²) in [6.45, 7) is 6.69. The minimum atomic E-state index is -0.159. The van der Waals surface area contributed by atoms with Crippen LogP contribution in [0.2, 0.25) is 0 Å². The van der Waals surface area contributed by atoms with Gasteiger partial charge in [-0.25, -0.2) is 0 Å². The third-order valence-electron chi connectivity index (χ3n) is 3.49. The van der Waals surface area contributed by atoms with Gasteiger partial charge in [-0.1, -0.05) is 13.3 Å². The summed E-state index contributed by atoms with van der Waals surface area (Å²) in [6.07, 6.45) is 5.98. The maximum atomic E-state index is 11.7. The zero-order valence-electron chi connectivity index (χ0n) is 12.1. The van der Waals surface area contributed by atoms with Gasteiger partial charge in [-0.3, -0.25) is 4.79 Å². The lowest BCUT2D eigenvalue weighted by Gasteiger charge is -2.24. The van der Waals surface area contributed by atoms with Gasteiger partial charge >= 0.3 is 5.97 Å². The molecule has 1 rings (SSSR count). The molecule has 4 heteroatoms. The molecule has 18 heavy (non-hydrogen) atoms. The van der Waals surface area contributed by atoms with Gasteiger partial charge in [0.1, 0.15) is 6.04 Å². The average Bonchev–Trinajstić information content (AvgIpc) is 3.18. The number of hydrogen-bond donors (Lipinski definition) is 1. The molecule has 0 bridgehead atoms. The van der Waals surface area contributed by atoms with E-state index in [9.17, 15) is 4.79 Å². The van der Waals surface area contributed by atoms with Crippen molar-refractivity contribution in [2.24, 2.45) is 0 Å². The van der Waals surface area contributed by atoms with Gasteiger partial charge < -0.3 is 15.0 Å². The predicted molar refractivity (Wildman–Crippen MR) is 73.6 cm³/mol. The van der Waals surface area contributed by atoms with Crippen molar-refractivity contribution in [3.63, 3.8) is 0 Å². The van der Waals surface area contributed by atoms with E-state index in [4.69, 9.17) is 4.74 Å². The smallest absolute Gasteiger partial charge is 0.323 e. The molecule has 0 aliphatic heterocycles. The van der Waals surface area contributed by atoms with E-state index < -0.39 is 0 Å². The maximum absolute atomic E-state index is 11.7. The molecule has 1 saturated carbocycles. The van der Waals surface area contributed by atoms with Gasteiger partial charge in [0.25, 0.3) is 0 Å². The Kier molecular flexibility index (Phi) is 7.28. The number of ether oxygens (including phenoxy) is 1. The van der Waals surface area contributed by atoms with E-state index in [-0.39, 0.29) is 12.0 Å². The van der Waals surface area contributed by atoms with Crippen LogP contribution < -0.4 is 5.32 Å². The Morgan fingerprint density at radius 1 is 1.39 bits per heavy atom. The molecule has 1 fully saturated rings. The highest BCUT2D eigenvalue weighted by Gasteiger charge is 2.29. The van der Waals surface area contributed by atoms with Gasteiger partial charge in [0.05, 0.1) is 6.61 Å². The first-order valence-electron chi connectivity index (χ1n) is 7.30. The highest BCUT2D eigenvalue weighted by Crippen LogP contribution is 2.27. The van der Waals surface area contributed by atoms with Crippen molar-refractivity contribution >= 4 is 5.97 Å². The Balaban J connectivity index is 2.31. The standard InChI is InChI=1S/C14H28N2O2/c1-4-6-10-16(12-7-8-12)11-9-13(15-3)14(17)18-5-2/h12-13,15H,4-11H2,1-3H3. The van der Waals surface area contributed by atoms with Crippen LogP contribution in [0.5, 0.6) is 0 Å². The summed E-state index contributed by atoms with van der Waals surface area (Å²) in [5.74, 6) is -0.119. The van der Waals surface area contributed by atoms with Crippen LogP contribution in [0.4, 0.5) is 0 Å². The molecule has 1 aliphatic rings. The van der Waals surface area contributed by atoms with E-state index in [2.05, 4.69) is 17.1 Å². The number of rotatable bonds is 10. The molecule has 0 heterocycles. The van der Waals surface area contributed by atoms with Gasteiger partial charge in [-0.15, -0.1) is 0 Å². The second-order valence-corrected chi connectivity index (χ2v) is 5.00. The van der Waals surface area contributed by atoms with E-state index in [0.717, 1.165) is 19.0 Å². The van der Waals surface area contributed by atoms with Gasteiger partial charge in [-0.2, -0.15) is 0 Å². The summed E-state index contributed by atoms with van der Waals surface area (Å²) in [5, 5.41) is 3.06. The minimum absolute atomic E-state index is 0.119. The molecule has 0 aromatic rings. The highest BCUT2D eigenvalue weighted by atomic mass is 16.5. The van der Waals surface area contributed by atoms with Crippen LogP contribution in [0.25, 0.3) is 0 Å². The SMILES string of the molecule is CCCCN(CCC(NC)C(=O)OCC)C1CC1. The quantitative estimate of drug-likeness (QED) is 0.605. The summed E-state index contributed by atoms with van der Waals surface area (Å²) in [5.41, 5.74) is 0. The molecule has 106 valence electrons. The van der Waals surface area contributed by atoms with Crippen LogP contribution in [0, 0.1) is 0 Å². The number of hydrogen-bond acceptors (Lipinski definition) is 4. The van der Waals surface area contributed by atoms with E-state index in [1.807, 2.05) is 14.0 Å². The van der Waals surface area contributed by atoms with Crippen LogP contribution in [-0.2, 0) is 9.53 Å². The number of esters is 1. The number of unbranched alkanes of at least 4 members (excludes halogenated alkanes) is 1. The van der Waals surface area contributed by atoms with Crippen molar-refractivity contribution in [2.75, 3.05) is 26.7 Å². The van der Waals surface area contributed by atoms with E-state index in [1.54, 1.807) is 0 Å². The molecular formula is C14H28N2O2. The minimum Gasteiger partial charge on any atom is -0.465 e. The molecule has 4 nitrogen and oxygen atoms in total. The summed E-state index contributed by atoms with van der Waals surface area (Å²) < 4.78 is 5.06. The zero-order valence-corrected chi connectivity index (χ0v) is 12.1. The van der Waals surface area contributed by atoms with Crippen molar-refractivity contribution in [2.45, 2.75) is 58.0 Å². The lowest BCUT2D eigenvalue weighted by Crippen LogP contribution is -2.40. The molecule has 0 aromatic carbocycles. The van der Waals surface area contributed by atoms with Crippen molar-refractivity contribution in [1.82, 2.24) is 10.2 Å². The Bertz CT molecular complexity index is 242. The second kappa shape index (κ2) is 8.48.